The van der Waals surface area contributed by atoms with Crippen LogP contribution in [0.1, 0.15) is 50.8 Å². The van der Waals surface area contributed by atoms with Gasteiger partial charge in [0.05, 0.1) is 18.9 Å². The first-order valence-corrected chi connectivity index (χ1v) is 10.6. The fourth-order valence-corrected chi connectivity index (χ4v) is 3.73. The lowest BCUT2D eigenvalue weighted by molar-refractivity contribution is -0.141. The van der Waals surface area contributed by atoms with Gasteiger partial charge in [-0.2, -0.15) is 5.10 Å². The van der Waals surface area contributed by atoms with E-state index in [1.54, 1.807) is 32.4 Å². The lowest BCUT2D eigenvalue weighted by Gasteiger charge is -2.27. The summed E-state index contributed by atoms with van der Waals surface area (Å²) >= 11 is 0. The van der Waals surface area contributed by atoms with Crippen LogP contribution in [0.15, 0.2) is 53.6 Å². The lowest BCUT2D eigenvalue weighted by atomic mass is 9.92. The third kappa shape index (κ3) is 5.33. The van der Waals surface area contributed by atoms with Crippen LogP contribution in [0, 0.1) is 11.2 Å². The zero-order valence-electron chi connectivity index (χ0n) is 19.3. The summed E-state index contributed by atoms with van der Waals surface area (Å²) in [5.41, 5.74) is 1.44. The minimum atomic E-state index is -0.459. The second-order valence-electron chi connectivity index (χ2n) is 9.21. The molecule has 0 aromatic heterocycles. The molecular weight excluding hydrogens is 409 g/mol. The van der Waals surface area contributed by atoms with Crippen LogP contribution in [-0.2, 0) is 9.59 Å². The first-order valence-electron chi connectivity index (χ1n) is 10.6. The van der Waals surface area contributed by atoms with Gasteiger partial charge in [-0.25, -0.2) is 9.40 Å². The fourth-order valence-electron chi connectivity index (χ4n) is 3.73. The Morgan fingerprint density at radius 3 is 2.47 bits per heavy atom. The van der Waals surface area contributed by atoms with E-state index in [0.29, 0.717) is 29.9 Å². The van der Waals surface area contributed by atoms with Crippen LogP contribution < -0.4 is 4.74 Å². The van der Waals surface area contributed by atoms with Crippen molar-refractivity contribution in [2.24, 2.45) is 10.5 Å². The molecule has 0 aliphatic carbocycles. The van der Waals surface area contributed by atoms with Crippen LogP contribution in [0.3, 0.4) is 0 Å². The highest BCUT2D eigenvalue weighted by molar-refractivity contribution is 6.03. The second kappa shape index (κ2) is 9.51. The van der Waals surface area contributed by atoms with Gasteiger partial charge in [0, 0.05) is 31.0 Å². The van der Waals surface area contributed by atoms with Gasteiger partial charge in [0.15, 0.2) is 0 Å². The Morgan fingerprint density at radius 2 is 1.81 bits per heavy atom. The molecule has 3 rings (SSSR count). The molecule has 1 aliphatic heterocycles. The van der Waals surface area contributed by atoms with Gasteiger partial charge >= 0.3 is 0 Å². The molecule has 0 radical (unpaired) electrons. The predicted octanol–water partition coefficient (Wildman–Crippen LogP) is 4.41. The van der Waals surface area contributed by atoms with E-state index in [1.807, 2.05) is 45.0 Å². The smallest absolute Gasteiger partial charge is 0.262 e. The van der Waals surface area contributed by atoms with Gasteiger partial charge in [0.25, 0.3) is 5.91 Å². The third-order valence-electron chi connectivity index (χ3n) is 5.33. The number of carbonyl (C=O) groups excluding carboxylic acids is 2. The van der Waals surface area contributed by atoms with Gasteiger partial charge in [-0.3, -0.25) is 9.59 Å². The number of ether oxygens (including phenoxy) is 1. The quantitative estimate of drug-likeness (QED) is 0.670. The van der Waals surface area contributed by atoms with Crippen molar-refractivity contribution in [1.82, 2.24) is 9.91 Å². The number of hydrazone groups is 1. The molecule has 0 spiro atoms. The maximum atomic E-state index is 14.5. The number of benzene rings is 2. The number of likely N-dealkylation sites (N-methyl/N-ethyl adjacent to an activating group) is 1. The number of para-hydroxylation sites is 1. The van der Waals surface area contributed by atoms with Crippen LogP contribution in [0.5, 0.6) is 5.75 Å². The van der Waals surface area contributed by atoms with Crippen LogP contribution >= 0.6 is 0 Å². The SMILES string of the molecule is COc1ccccc1[C@@H]1CC(c2ccccc2F)=NN1C(=O)CN(C)C(=O)CC(C)(C)C. The van der Waals surface area contributed by atoms with E-state index in [9.17, 15) is 14.0 Å². The standard InChI is InChI=1S/C25H30FN3O3/c1-25(2,3)15-23(30)28(4)16-24(31)29-21(18-11-7-9-13-22(18)32-5)14-20(27-29)17-10-6-8-12-19(17)26/h6-13,21H,14-16H2,1-5H3/t21-/m0/s1. The van der Waals surface area contributed by atoms with Gasteiger partial charge in [-0.05, 0) is 17.5 Å². The lowest BCUT2D eigenvalue weighted by Crippen LogP contribution is -2.40. The Labute approximate surface area is 188 Å². The fraction of sp³-hybridized carbons (Fsp3) is 0.400. The second-order valence-corrected chi connectivity index (χ2v) is 9.21. The maximum Gasteiger partial charge on any atom is 0.262 e. The van der Waals surface area contributed by atoms with Crippen molar-refractivity contribution in [3.8, 4) is 5.75 Å². The van der Waals surface area contributed by atoms with E-state index >= 15 is 0 Å². The monoisotopic (exact) mass is 439 g/mol. The number of nitrogens with zero attached hydrogens (tertiary/aromatic N) is 3. The van der Waals surface area contributed by atoms with Crippen LogP contribution in [0.2, 0.25) is 0 Å². The summed E-state index contributed by atoms with van der Waals surface area (Å²) in [7, 11) is 3.18. The van der Waals surface area contributed by atoms with Crippen LogP contribution in [0.25, 0.3) is 0 Å². The Morgan fingerprint density at radius 1 is 1.16 bits per heavy atom. The molecule has 0 bridgehead atoms. The van der Waals surface area contributed by atoms with Crippen molar-refractivity contribution in [2.45, 2.75) is 39.7 Å². The number of rotatable bonds is 6. The highest BCUT2D eigenvalue weighted by Crippen LogP contribution is 2.37. The molecule has 0 N–H and O–H groups in total. The molecule has 1 atom stereocenters. The Hall–Kier alpha value is -3.22. The summed E-state index contributed by atoms with van der Waals surface area (Å²) < 4.78 is 20.0. The van der Waals surface area contributed by atoms with Gasteiger partial charge in [0.1, 0.15) is 18.1 Å². The van der Waals surface area contributed by atoms with Crippen molar-refractivity contribution < 1.29 is 18.7 Å². The molecule has 2 aromatic rings. The summed E-state index contributed by atoms with van der Waals surface area (Å²) in [4.78, 5) is 27.2. The van der Waals surface area contributed by atoms with E-state index in [-0.39, 0.29) is 23.8 Å². The van der Waals surface area contributed by atoms with E-state index < -0.39 is 11.9 Å². The third-order valence-corrected chi connectivity index (χ3v) is 5.33. The Balaban J connectivity index is 1.91. The van der Waals surface area contributed by atoms with Crippen LogP contribution in [-0.4, -0.2) is 48.1 Å². The van der Waals surface area contributed by atoms with E-state index in [0.717, 1.165) is 5.56 Å². The maximum absolute atomic E-state index is 14.5. The van der Waals surface area contributed by atoms with E-state index in [4.69, 9.17) is 4.74 Å². The van der Waals surface area contributed by atoms with E-state index in [2.05, 4.69) is 5.10 Å². The molecule has 1 aliphatic rings. The summed E-state index contributed by atoms with van der Waals surface area (Å²) in [6, 6.07) is 13.3. The number of hydrogen-bond acceptors (Lipinski definition) is 4. The van der Waals surface area contributed by atoms with Crippen molar-refractivity contribution >= 4 is 17.5 Å². The molecule has 32 heavy (non-hydrogen) atoms. The first kappa shape index (κ1) is 23.4. The van der Waals surface area contributed by atoms with Crippen molar-refractivity contribution in [3.63, 3.8) is 0 Å². The summed E-state index contributed by atoms with van der Waals surface area (Å²) in [5, 5.41) is 5.87. The molecule has 2 aromatic carbocycles. The molecule has 0 saturated carbocycles. The molecular formula is C25H30FN3O3. The average Bonchev–Trinajstić information content (AvgIpc) is 3.18. The zero-order chi connectivity index (χ0) is 23.5. The predicted molar refractivity (Wildman–Crippen MR) is 122 cm³/mol. The van der Waals surface area contributed by atoms with Crippen molar-refractivity contribution in [3.05, 3.63) is 65.5 Å². The summed E-state index contributed by atoms with van der Waals surface area (Å²) in [6.45, 7) is 5.81. The number of carbonyl (C=O) groups is 2. The highest BCUT2D eigenvalue weighted by Gasteiger charge is 2.36. The van der Waals surface area contributed by atoms with Gasteiger partial charge in [-0.15, -0.1) is 0 Å². The number of methoxy groups -OCH3 is 1. The number of amides is 2. The minimum Gasteiger partial charge on any atom is -0.496 e. The largest absolute Gasteiger partial charge is 0.496 e. The van der Waals surface area contributed by atoms with Crippen LogP contribution in [0.4, 0.5) is 4.39 Å². The average molecular weight is 440 g/mol. The van der Waals surface area contributed by atoms with E-state index in [1.165, 1.54) is 16.0 Å². The molecule has 7 heteroatoms. The van der Waals surface area contributed by atoms with Gasteiger partial charge in [-0.1, -0.05) is 57.2 Å². The molecule has 0 unspecified atom stereocenters. The Bertz CT molecular complexity index is 1030. The molecule has 2 amide bonds. The molecule has 0 saturated heterocycles. The van der Waals surface area contributed by atoms with Crippen molar-refractivity contribution in [1.29, 1.82) is 0 Å². The van der Waals surface area contributed by atoms with Crippen molar-refractivity contribution in [2.75, 3.05) is 20.7 Å². The van der Waals surface area contributed by atoms with Gasteiger partial charge < -0.3 is 9.64 Å². The highest BCUT2D eigenvalue weighted by atomic mass is 19.1. The summed E-state index contributed by atoms with van der Waals surface area (Å²) in [5.74, 6) is -0.219. The molecule has 170 valence electrons. The topological polar surface area (TPSA) is 62.2 Å². The first-order chi connectivity index (χ1) is 15.1. The Kier molecular flexibility index (Phi) is 6.96. The summed E-state index contributed by atoms with van der Waals surface area (Å²) in [6.07, 6.45) is 0.670. The zero-order valence-corrected chi connectivity index (χ0v) is 19.3. The minimum absolute atomic E-state index is 0.114. The molecule has 6 nitrogen and oxygen atoms in total. The normalized spacial score (nSPS) is 16.0. The molecule has 1 heterocycles. The van der Waals surface area contributed by atoms with Gasteiger partial charge in [0.2, 0.25) is 5.91 Å². The number of hydrogen-bond donors (Lipinski definition) is 0. The number of halogens is 1. The molecule has 0 fully saturated rings.